The van der Waals surface area contributed by atoms with Crippen molar-refractivity contribution >= 4 is 5.69 Å². The van der Waals surface area contributed by atoms with Gasteiger partial charge in [0.2, 0.25) is 0 Å². The SMILES string of the molecule is [O]C1CCN(c2ccncc2)CC1. The van der Waals surface area contributed by atoms with Crippen molar-refractivity contribution in [1.29, 1.82) is 0 Å². The van der Waals surface area contributed by atoms with Crippen LogP contribution >= 0.6 is 0 Å². The molecule has 0 aliphatic carbocycles. The molecule has 1 fully saturated rings. The predicted octanol–water partition coefficient (Wildman–Crippen LogP) is 1.48. The minimum absolute atomic E-state index is 0.349. The van der Waals surface area contributed by atoms with E-state index in [4.69, 9.17) is 0 Å². The van der Waals surface area contributed by atoms with E-state index in [0.717, 1.165) is 25.9 Å². The van der Waals surface area contributed by atoms with Crippen molar-refractivity contribution in [2.45, 2.75) is 18.9 Å². The summed E-state index contributed by atoms with van der Waals surface area (Å²) in [7, 11) is 0. The van der Waals surface area contributed by atoms with Gasteiger partial charge in [0.05, 0.1) is 6.10 Å². The Bertz CT molecular complexity index is 255. The highest BCUT2D eigenvalue weighted by atomic mass is 16.3. The smallest absolute Gasteiger partial charge is 0.0963 e. The number of hydrogen-bond donors (Lipinski definition) is 0. The zero-order chi connectivity index (χ0) is 9.10. The summed E-state index contributed by atoms with van der Waals surface area (Å²) in [4.78, 5) is 6.21. The molecule has 1 radical (unpaired) electrons. The number of piperidine rings is 1. The van der Waals surface area contributed by atoms with Gasteiger partial charge in [0, 0.05) is 31.2 Å². The van der Waals surface area contributed by atoms with E-state index in [1.807, 2.05) is 12.1 Å². The molecule has 0 aromatic carbocycles. The van der Waals surface area contributed by atoms with Crippen LogP contribution in [0.1, 0.15) is 12.8 Å². The van der Waals surface area contributed by atoms with Crippen LogP contribution < -0.4 is 4.90 Å². The average Bonchev–Trinajstić information content (AvgIpc) is 2.20. The number of anilines is 1. The van der Waals surface area contributed by atoms with E-state index in [0.29, 0.717) is 0 Å². The van der Waals surface area contributed by atoms with Crippen LogP contribution in [0.2, 0.25) is 0 Å². The van der Waals surface area contributed by atoms with Gasteiger partial charge < -0.3 is 4.90 Å². The Morgan fingerprint density at radius 3 is 2.46 bits per heavy atom. The van der Waals surface area contributed by atoms with E-state index in [1.54, 1.807) is 12.4 Å². The van der Waals surface area contributed by atoms with E-state index < -0.39 is 0 Å². The van der Waals surface area contributed by atoms with Crippen molar-refractivity contribution in [1.82, 2.24) is 4.98 Å². The Kier molecular flexibility index (Phi) is 2.45. The van der Waals surface area contributed by atoms with Crippen LogP contribution in [0.5, 0.6) is 0 Å². The zero-order valence-electron chi connectivity index (χ0n) is 7.52. The summed E-state index contributed by atoms with van der Waals surface area (Å²) in [5.74, 6) is 0. The molecule has 1 aromatic rings. The van der Waals surface area contributed by atoms with Gasteiger partial charge in [0.15, 0.2) is 0 Å². The van der Waals surface area contributed by atoms with Crippen molar-refractivity contribution in [2.24, 2.45) is 0 Å². The van der Waals surface area contributed by atoms with Gasteiger partial charge in [-0.15, -0.1) is 0 Å². The maximum absolute atomic E-state index is 11.1. The zero-order valence-corrected chi connectivity index (χ0v) is 7.52. The molecule has 3 nitrogen and oxygen atoms in total. The lowest BCUT2D eigenvalue weighted by atomic mass is 10.1. The maximum Gasteiger partial charge on any atom is 0.0963 e. The molecule has 0 amide bonds. The Labute approximate surface area is 78.0 Å². The van der Waals surface area contributed by atoms with Gasteiger partial charge >= 0.3 is 0 Å². The first-order valence-electron chi connectivity index (χ1n) is 4.67. The number of aromatic nitrogens is 1. The highest BCUT2D eigenvalue weighted by molar-refractivity contribution is 5.44. The second-order valence-electron chi connectivity index (χ2n) is 3.39. The summed E-state index contributed by atoms with van der Waals surface area (Å²) in [6, 6.07) is 3.98. The molecule has 1 saturated heterocycles. The van der Waals surface area contributed by atoms with Crippen molar-refractivity contribution in [3.05, 3.63) is 24.5 Å². The molecule has 1 aromatic heterocycles. The molecule has 0 bridgehead atoms. The van der Waals surface area contributed by atoms with Crippen LogP contribution in [-0.2, 0) is 5.11 Å². The van der Waals surface area contributed by atoms with Crippen LogP contribution in [0, 0.1) is 0 Å². The van der Waals surface area contributed by atoms with E-state index in [2.05, 4.69) is 9.88 Å². The van der Waals surface area contributed by atoms with E-state index >= 15 is 0 Å². The lowest BCUT2D eigenvalue weighted by Crippen LogP contribution is -2.35. The molecule has 0 unspecified atom stereocenters. The Hall–Kier alpha value is -1.09. The number of rotatable bonds is 1. The van der Waals surface area contributed by atoms with Gasteiger partial charge in [-0.25, -0.2) is 5.11 Å². The molecule has 0 spiro atoms. The highest BCUT2D eigenvalue weighted by Gasteiger charge is 2.17. The van der Waals surface area contributed by atoms with Crippen molar-refractivity contribution in [2.75, 3.05) is 18.0 Å². The van der Waals surface area contributed by atoms with Crippen LogP contribution in [-0.4, -0.2) is 24.2 Å². The van der Waals surface area contributed by atoms with Crippen LogP contribution in [0.3, 0.4) is 0 Å². The number of nitrogens with zero attached hydrogens (tertiary/aromatic N) is 2. The Morgan fingerprint density at radius 2 is 1.85 bits per heavy atom. The molecule has 1 aliphatic rings. The van der Waals surface area contributed by atoms with Gasteiger partial charge in [0.1, 0.15) is 0 Å². The predicted molar refractivity (Wildman–Crippen MR) is 50.2 cm³/mol. The van der Waals surface area contributed by atoms with Crippen molar-refractivity contribution < 1.29 is 5.11 Å². The monoisotopic (exact) mass is 177 g/mol. The quantitative estimate of drug-likeness (QED) is 0.651. The van der Waals surface area contributed by atoms with Gasteiger partial charge in [-0.05, 0) is 25.0 Å². The van der Waals surface area contributed by atoms with E-state index in [-0.39, 0.29) is 6.10 Å². The second-order valence-corrected chi connectivity index (χ2v) is 3.39. The molecule has 0 N–H and O–H groups in total. The fourth-order valence-corrected chi connectivity index (χ4v) is 1.67. The van der Waals surface area contributed by atoms with Gasteiger partial charge in [-0.1, -0.05) is 0 Å². The first kappa shape index (κ1) is 8.51. The maximum atomic E-state index is 11.1. The first-order valence-corrected chi connectivity index (χ1v) is 4.67. The topological polar surface area (TPSA) is 36.0 Å². The largest absolute Gasteiger partial charge is 0.371 e. The molecule has 2 rings (SSSR count). The summed E-state index contributed by atoms with van der Waals surface area (Å²) in [5.41, 5.74) is 1.18. The standard InChI is InChI=1S/C10H13N2O/c13-10-3-7-12(8-4-10)9-1-5-11-6-2-9/h1-2,5-6,10H,3-4,7-8H2. The molecule has 0 atom stereocenters. The van der Waals surface area contributed by atoms with Gasteiger partial charge in [0.25, 0.3) is 0 Å². The fourth-order valence-electron chi connectivity index (χ4n) is 1.67. The summed E-state index contributed by atoms with van der Waals surface area (Å²) < 4.78 is 0. The third-order valence-electron chi connectivity index (χ3n) is 2.47. The summed E-state index contributed by atoms with van der Waals surface area (Å²) >= 11 is 0. The molecular weight excluding hydrogens is 164 g/mol. The van der Waals surface area contributed by atoms with Crippen LogP contribution in [0.15, 0.2) is 24.5 Å². The highest BCUT2D eigenvalue weighted by Crippen LogP contribution is 2.18. The van der Waals surface area contributed by atoms with E-state index in [1.165, 1.54) is 5.69 Å². The molecule has 0 saturated carbocycles. The number of hydrogen-bond acceptors (Lipinski definition) is 2. The van der Waals surface area contributed by atoms with Crippen LogP contribution in [0.25, 0.3) is 0 Å². The third kappa shape index (κ3) is 1.98. The van der Waals surface area contributed by atoms with Crippen molar-refractivity contribution in [3.63, 3.8) is 0 Å². The van der Waals surface area contributed by atoms with Crippen molar-refractivity contribution in [3.8, 4) is 0 Å². The number of pyridine rings is 1. The minimum Gasteiger partial charge on any atom is -0.371 e. The Morgan fingerprint density at radius 1 is 1.23 bits per heavy atom. The van der Waals surface area contributed by atoms with Gasteiger partial charge in [-0.2, -0.15) is 0 Å². The molecule has 1 aliphatic heterocycles. The van der Waals surface area contributed by atoms with E-state index in [9.17, 15) is 5.11 Å². The minimum atomic E-state index is -0.349. The molecule has 69 valence electrons. The first-order chi connectivity index (χ1) is 6.36. The lowest BCUT2D eigenvalue weighted by molar-refractivity contribution is 0.0676. The summed E-state index contributed by atoms with van der Waals surface area (Å²) in [5, 5.41) is 11.1. The van der Waals surface area contributed by atoms with Gasteiger partial charge in [-0.3, -0.25) is 4.98 Å². The molecule has 3 heteroatoms. The molecule has 13 heavy (non-hydrogen) atoms. The molecular formula is C10H13N2O. The summed E-state index contributed by atoms with van der Waals surface area (Å²) in [6.07, 6.45) is 4.76. The average molecular weight is 177 g/mol. The fraction of sp³-hybridized carbons (Fsp3) is 0.500. The Balaban J connectivity index is 2.03. The second kappa shape index (κ2) is 3.75. The molecule has 2 heterocycles. The third-order valence-corrected chi connectivity index (χ3v) is 2.47. The van der Waals surface area contributed by atoms with Crippen LogP contribution in [0.4, 0.5) is 5.69 Å². The lowest BCUT2D eigenvalue weighted by Gasteiger charge is -2.30. The normalized spacial score (nSPS) is 19.0. The summed E-state index contributed by atoms with van der Waals surface area (Å²) in [6.45, 7) is 1.77.